The highest BCUT2D eigenvalue weighted by Gasteiger charge is 2.37. The van der Waals surface area contributed by atoms with E-state index >= 15 is 0 Å². The standard InChI is InChI=1S/C8H9N2O4P.BrH/c11-15(12,13)8-5-7(10-14-8)6-3-1-2-4-9-6;/h1-4,8H,5H2,(H2,11,12,13);1H. The maximum atomic E-state index is 10.9. The van der Waals surface area contributed by atoms with Gasteiger partial charge < -0.3 is 14.6 Å². The van der Waals surface area contributed by atoms with Crippen molar-refractivity contribution in [1.29, 1.82) is 0 Å². The molecule has 0 amide bonds. The van der Waals surface area contributed by atoms with Gasteiger partial charge >= 0.3 is 7.60 Å². The van der Waals surface area contributed by atoms with Gasteiger partial charge in [-0.05, 0) is 12.1 Å². The smallest absolute Gasteiger partial charge is 0.368 e. The number of hydrogen-bond acceptors (Lipinski definition) is 4. The van der Waals surface area contributed by atoms with Crippen LogP contribution in [0, 0.1) is 0 Å². The fourth-order valence-electron chi connectivity index (χ4n) is 1.23. The van der Waals surface area contributed by atoms with E-state index in [0.29, 0.717) is 11.4 Å². The maximum absolute atomic E-state index is 10.9. The maximum Gasteiger partial charge on any atom is 0.368 e. The first kappa shape index (κ1) is 13.3. The molecular formula is C8H10BrN2O4P. The minimum Gasteiger partial charge on any atom is -0.379 e. The predicted molar refractivity (Wildman–Crippen MR) is 62.6 cm³/mol. The number of rotatable bonds is 2. The van der Waals surface area contributed by atoms with Crippen LogP contribution in [0.1, 0.15) is 12.1 Å². The molecule has 1 aromatic rings. The van der Waals surface area contributed by atoms with E-state index in [2.05, 4.69) is 15.0 Å². The molecule has 1 atom stereocenters. The van der Waals surface area contributed by atoms with Crippen LogP contribution in [0.25, 0.3) is 0 Å². The van der Waals surface area contributed by atoms with Crippen molar-refractivity contribution in [2.45, 2.75) is 12.3 Å². The lowest BCUT2D eigenvalue weighted by molar-refractivity contribution is 0.117. The summed E-state index contributed by atoms with van der Waals surface area (Å²) >= 11 is 0. The van der Waals surface area contributed by atoms with Gasteiger partial charge in [0.15, 0.2) is 0 Å². The van der Waals surface area contributed by atoms with Crippen molar-refractivity contribution in [3.63, 3.8) is 0 Å². The molecule has 0 saturated carbocycles. The lowest BCUT2D eigenvalue weighted by Gasteiger charge is -2.08. The topological polar surface area (TPSA) is 92.0 Å². The number of pyridine rings is 1. The first-order valence-corrected chi connectivity index (χ1v) is 5.95. The summed E-state index contributed by atoms with van der Waals surface area (Å²) in [5.74, 6) is -1.17. The molecule has 0 bridgehead atoms. The molecule has 2 rings (SSSR count). The van der Waals surface area contributed by atoms with Crippen LogP contribution in [0.15, 0.2) is 29.6 Å². The molecule has 0 saturated heterocycles. The second kappa shape index (κ2) is 5.05. The quantitative estimate of drug-likeness (QED) is 0.803. The summed E-state index contributed by atoms with van der Waals surface area (Å²) in [6, 6.07) is 5.24. The first-order chi connectivity index (χ1) is 7.07. The molecule has 1 unspecified atom stereocenters. The molecule has 8 heteroatoms. The molecule has 2 N–H and O–H groups in total. The molecule has 1 aliphatic heterocycles. The van der Waals surface area contributed by atoms with Crippen LogP contribution in [0.2, 0.25) is 0 Å². The van der Waals surface area contributed by atoms with Crippen LogP contribution in [0.4, 0.5) is 0 Å². The Kier molecular flexibility index (Phi) is 4.21. The third-order valence-electron chi connectivity index (χ3n) is 1.99. The Labute approximate surface area is 102 Å². The highest BCUT2D eigenvalue weighted by molar-refractivity contribution is 8.93. The summed E-state index contributed by atoms with van der Waals surface area (Å²) in [6.07, 6.45) is 1.67. The Morgan fingerprint density at radius 2 is 2.19 bits per heavy atom. The third-order valence-corrected chi connectivity index (χ3v) is 3.02. The monoisotopic (exact) mass is 308 g/mol. The summed E-state index contributed by atoms with van der Waals surface area (Å²) in [5, 5.41) is 3.62. The fourth-order valence-corrected chi connectivity index (χ4v) is 1.81. The average Bonchev–Trinajstić information content (AvgIpc) is 2.67. The van der Waals surface area contributed by atoms with E-state index < -0.39 is 13.4 Å². The van der Waals surface area contributed by atoms with Crippen LogP contribution in [-0.4, -0.2) is 26.3 Å². The molecule has 0 aromatic carbocycles. The Morgan fingerprint density at radius 3 is 2.69 bits per heavy atom. The van der Waals surface area contributed by atoms with Gasteiger partial charge in [0.25, 0.3) is 0 Å². The Balaban J connectivity index is 0.00000128. The number of halogens is 1. The second-order valence-corrected chi connectivity index (χ2v) is 4.86. The van der Waals surface area contributed by atoms with Crippen molar-refractivity contribution in [1.82, 2.24) is 4.98 Å². The lowest BCUT2D eigenvalue weighted by Crippen LogP contribution is -2.09. The van der Waals surface area contributed by atoms with Crippen molar-refractivity contribution in [3.8, 4) is 0 Å². The summed E-state index contributed by atoms with van der Waals surface area (Å²) in [6.45, 7) is 0. The summed E-state index contributed by atoms with van der Waals surface area (Å²) in [4.78, 5) is 26.4. The number of nitrogens with zero attached hydrogens (tertiary/aromatic N) is 2. The van der Waals surface area contributed by atoms with Gasteiger partial charge in [0, 0.05) is 12.6 Å². The highest BCUT2D eigenvalue weighted by atomic mass is 79.9. The molecule has 0 spiro atoms. The van der Waals surface area contributed by atoms with Gasteiger partial charge in [-0.1, -0.05) is 11.2 Å². The summed E-state index contributed by atoms with van der Waals surface area (Å²) in [5.41, 5.74) is 1.04. The number of oxime groups is 1. The minimum atomic E-state index is -4.24. The summed E-state index contributed by atoms with van der Waals surface area (Å²) in [7, 11) is -4.24. The fraction of sp³-hybridized carbons (Fsp3) is 0.250. The van der Waals surface area contributed by atoms with Crippen molar-refractivity contribution in [2.75, 3.05) is 0 Å². The highest BCUT2D eigenvalue weighted by Crippen LogP contribution is 2.46. The summed E-state index contributed by atoms with van der Waals surface area (Å²) < 4.78 is 10.9. The molecule has 16 heavy (non-hydrogen) atoms. The van der Waals surface area contributed by atoms with Gasteiger partial charge in [-0.15, -0.1) is 17.0 Å². The molecule has 0 aliphatic carbocycles. The normalized spacial score (nSPS) is 19.6. The SMILES string of the molecule is Br.O=P(O)(O)C1CC(c2ccccn2)=NO1. The van der Waals surface area contributed by atoms with Gasteiger partial charge in [-0.25, -0.2) is 0 Å². The van der Waals surface area contributed by atoms with Crippen LogP contribution in [0.3, 0.4) is 0 Å². The molecule has 0 radical (unpaired) electrons. The lowest BCUT2D eigenvalue weighted by atomic mass is 10.2. The zero-order valence-corrected chi connectivity index (χ0v) is 10.7. The Bertz CT molecular complexity index is 433. The van der Waals surface area contributed by atoms with Crippen molar-refractivity contribution >= 4 is 30.3 Å². The van der Waals surface area contributed by atoms with Gasteiger partial charge in [0.05, 0.1) is 5.69 Å². The molecule has 1 aromatic heterocycles. The van der Waals surface area contributed by atoms with Crippen LogP contribution >= 0.6 is 24.6 Å². The zero-order chi connectivity index (χ0) is 10.9. The second-order valence-electron chi connectivity index (χ2n) is 3.11. The molecular weight excluding hydrogens is 299 g/mol. The van der Waals surface area contributed by atoms with E-state index in [-0.39, 0.29) is 23.4 Å². The average molecular weight is 309 g/mol. The predicted octanol–water partition coefficient (Wildman–Crippen LogP) is 1.29. The molecule has 1 aliphatic rings. The van der Waals surface area contributed by atoms with Gasteiger partial charge in [0.1, 0.15) is 5.71 Å². The van der Waals surface area contributed by atoms with Crippen molar-refractivity contribution in [2.24, 2.45) is 5.16 Å². The van der Waals surface area contributed by atoms with Gasteiger partial charge in [-0.3, -0.25) is 9.55 Å². The third kappa shape index (κ3) is 2.89. The van der Waals surface area contributed by atoms with Crippen LogP contribution in [-0.2, 0) is 9.40 Å². The molecule has 6 nitrogen and oxygen atoms in total. The molecule has 2 heterocycles. The number of hydrogen-bond donors (Lipinski definition) is 2. The van der Waals surface area contributed by atoms with Gasteiger partial charge in [-0.2, -0.15) is 0 Å². The van der Waals surface area contributed by atoms with Crippen molar-refractivity contribution < 1.29 is 19.2 Å². The number of aromatic nitrogens is 1. The van der Waals surface area contributed by atoms with E-state index in [1.807, 2.05) is 0 Å². The van der Waals surface area contributed by atoms with E-state index in [0.717, 1.165) is 0 Å². The zero-order valence-electron chi connectivity index (χ0n) is 8.05. The van der Waals surface area contributed by atoms with Crippen LogP contribution < -0.4 is 0 Å². The Morgan fingerprint density at radius 1 is 1.44 bits per heavy atom. The largest absolute Gasteiger partial charge is 0.379 e. The van der Waals surface area contributed by atoms with E-state index in [1.54, 1.807) is 24.4 Å². The van der Waals surface area contributed by atoms with Crippen LogP contribution in [0.5, 0.6) is 0 Å². The minimum absolute atomic E-state index is 0. The van der Waals surface area contributed by atoms with Gasteiger partial charge in [0.2, 0.25) is 5.85 Å². The first-order valence-electron chi connectivity index (χ1n) is 4.26. The Hall–Kier alpha value is -0.750. The molecule has 88 valence electrons. The van der Waals surface area contributed by atoms with E-state index in [9.17, 15) is 4.57 Å². The molecule has 0 fully saturated rings. The van der Waals surface area contributed by atoms with E-state index in [4.69, 9.17) is 9.79 Å². The van der Waals surface area contributed by atoms with Crippen molar-refractivity contribution in [3.05, 3.63) is 30.1 Å². The van der Waals surface area contributed by atoms with E-state index in [1.165, 1.54) is 0 Å².